The van der Waals surface area contributed by atoms with Crippen molar-refractivity contribution in [1.29, 1.82) is 0 Å². The minimum Gasteiger partial charge on any atom is -0.478 e. The van der Waals surface area contributed by atoms with Gasteiger partial charge in [-0.2, -0.15) is 0 Å². The van der Waals surface area contributed by atoms with E-state index >= 15 is 0 Å². The van der Waals surface area contributed by atoms with E-state index in [0.717, 1.165) is 24.5 Å². The van der Waals surface area contributed by atoms with Crippen LogP contribution in [0.4, 0.5) is 0 Å². The van der Waals surface area contributed by atoms with Crippen LogP contribution in [0.2, 0.25) is 5.02 Å². The van der Waals surface area contributed by atoms with E-state index in [4.69, 9.17) is 11.6 Å². The lowest BCUT2D eigenvalue weighted by atomic mass is 9.99. The van der Waals surface area contributed by atoms with E-state index < -0.39 is 5.97 Å². The molecule has 1 N–H and O–H groups in total. The summed E-state index contributed by atoms with van der Waals surface area (Å²) in [5.74, 6) is -0.928. The fourth-order valence-electron chi connectivity index (χ4n) is 2.69. The Balaban J connectivity index is 1.79. The lowest BCUT2D eigenvalue weighted by molar-refractivity contribution is 0.0693. The second kappa shape index (κ2) is 5.84. The second-order valence-electron chi connectivity index (χ2n) is 5.18. The molecule has 108 valence electrons. The van der Waals surface area contributed by atoms with Crippen LogP contribution in [-0.2, 0) is 19.5 Å². The van der Waals surface area contributed by atoms with Gasteiger partial charge < -0.3 is 5.11 Å². The van der Waals surface area contributed by atoms with Crippen LogP contribution < -0.4 is 0 Å². The predicted octanol–water partition coefficient (Wildman–Crippen LogP) is 2.99. The molecule has 4 nitrogen and oxygen atoms in total. The van der Waals surface area contributed by atoms with Crippen LogP contribution in [0, 0.1) is 0 Å². The number of aromatic carboxylic acids is 1. The maximum atomic E-state index is 11.2. The SMILES string of the molecule is O=C(O)c1cccnc1CN1CCc2cc(Cl)ccc2C1. The zero-order valence-corrected chi connectivity index (χ0v) is 12.2. The summed E-state index contributed by atoms with van der Waals surface area (Å²) in [4.78, 5) is 17.7. The number of hydrogen-bond donors (Lipinski definition) is 1. The van der Waals surface area contributed by atoms with E-state index in [1.54, 1.807) is 18.3 Å². The van der Waals surface area contributed by atoms with Crippen LogP contribution in [0.5, 0.6) is 0 Å². The molecule has 5 heteroatoms. The summed E-state index contributed by atoms with van der Waals surface area (Å²) in [6.07, 6.45) is 2.56. The fraction of sp³-hybridized carbons (Fsp3) is 0.250. The van der Waals surface area contributed by atoms with Gasteiger partial charge in [-0.3, -0.25) is 9.88 Å². The summed E-state index contributed by atoms with van der Waals surface area (Å²) in [5, 5.41) is 9.97. The summed E-state index contributed by atoms with van der Waals surface area (Å²) in [6.45, 7) is 2.22. The average molecular weight is 303 g/mol. The van der Waals surface area contributed by atoms with E-state index in [2.05, 4.69) is 9.88 Å². The summed E-state index contributed by atoms with van der Waals surface area (Å²) in [5.41, 5.74) is 3.42. The Kier molecular flexibility index (Phi) is 3.90. The molecule has 1 aromatic heterocycles. The number of nitrogens with zero attached hydrogens (tertiary/aromatic N) is 2. The summed E-state index contributed by atoms with van der Waals surface area (Å²) >= 11 is 6.01. The molecule has 0 radical (unpaired) electrons. The van der Waals surface area contributed by atoms with Gasteiger partial charge in [0, 0.05) is 30.9 Å². The highest BCUT2D eigenvalue weighted by molar-refractivity contribution is 6.30. The molecule has 0 saturated carbocycles. The Bertz CT molecular complexity index is 688. The van der Waals surface area contributed by atoms with Crippen molar-refractivity contribution in [3.8, 4) is 0 Å². The topological polar surface area (TPSA) is 53.4 Å². The second-order valence-corrected chi connectivity index (χ2v) is 5.61. The predicted molar refractivity (Wildman–Crippen MR) is 80.5 cm³/mol. The van der Waals surface area contributed by atoms with Crippen LogP contribution in [0.1, 0.15) is 27.2 Å². The van der Waals surface area contributed by atoms with Crippen molar-refractivity contribution in [2.24, 2.45) is 0 Å². The van der Waals surface area contributed by atoms with Gasteiger partial charge in [-0.05, 0) is 41.8 Å². The molecule has 0 fully saturated rings. The van der Waals surface area contributed by atoms with Gasteiger partial charge in [0.15, 0.2) is 0 Å². The number of hydrogen-bond acceptors (Lipinski definition) is 3. The molecular formula is C16H15ClN2O2. The first-order chi connectivity index (χ1) is 10.1. The number of carbonyl (C=O) groups is 1. The van der Waals surface area contributed by atoms with E-state index in [9.17, 15) is 9.90 Å². The molecule has 2 heterocycles. The molecule has 0 atom stereocenters. The Hall–Kier alpha value is -1.91. The number of rotatable bonds is 3. The van der Waals surface area contributed by atoms with Crippen LogP contribution >= 0.6 is 11.6 Å². The van der Waals surface area contributed by atoms with Crippen LogP contribution in [0.3, 0.4) is 0 Å². The molecule has 1 aliphatic rings. The van der Waals surface area contributed by atoms with Gasteiger partial charge in [0.05, 0.1) is 11.3 Å². The normalized spacial score (nSPS) is 14.7. The number of aromatic nitrogens is 1. The zero-order valence-electron chi connectivity index (χ0n) is 11.4. The van der Waals surface area contributed by atoms with E-state index in [1.807, 2.05) is 18.2 Å². The number of pyridine rings is 1. The summed E-state index contributed by atoms with van der Waals surface area (Å²) < 4.78 is 0. The molecule has 0 aliphatic carbocycles. The first kappa shape index (κ1) is 14.0. The van der Waals surface area contributed by atoms with Crippen LogP contribution in [0.15, 0.2) is 36.5 Å². The Morgan fingerprint density at radius 2 is 2.19 bits per heavy atom. The minimum atomic E-state index is -0.928. The van der Waals surface area contributed by atoms with Gasteiger partial charge >= 0.3 is 5.97 Å². The Morgan fingerprint density at radius 3 is 3.00 bits per heavy atom. The highest BCUT2D eigenvalue weighted by atomic mass is 35.5. The first-order valence-corrected chi connectivity index (χ1v) is 7.18. The molecule has 0 bridgehead atoms. The third-order valence-corrected chi connectivity index (χ3v) is 3.99. The van der Waals surface area contributed by atoms with Crippen molar-refractivity contribution < 1.29 is 9.90 Å². The molecule has 0 spiro atoms. The zero-order chi connectivity index (χ0) is 14.8. The van der Waals surface area contributed by atoms with Crippen LogP contribution in [0.25, 0.3) is 0 Å². The quantitative estimate of drug-likeness (QED) is 0.947. The molecule has 21 heavy (non-hydrogen) atoms. The first-order valence-electron chi connectivity index (χ1n) is 6.80. The molecule has 0 amide bonds. The highest BCUT2D eigenvalue weighted by Gasteiger charge is 2.19. The van der Waals surface area contributed by atoms with Crippen molar-refractivity contribution in [2.45, 2.75) is 19.5 Å². The third-order valence-electron chi connectivity index (χ3n) is 3.75. The maximum absolute atomic E-state index is 11.2. The standard InChI is InChI=1S/C16H15ClN2O2/c17-13-4-3-12-9-19(7-5-11(12)8-13)10-15-14(16(20)21)2-1-6-18-15/h1-4,6,8H,5,7,9-10H2,(H,20,21). The number of benzene rings is 1. The molecule has 2 aromatic rings. The molecular weight excluding hydrogens is 288 g/mol. The Morgan fingerprint density at radius 1 is 1.33 bits per heavy atom. The fourth-order valence-corrected chi connectivity index (χ4v) is 2.88. The molecule has 1 aliphatic heterocycles. The van der Waals surface area contributed by atoms with Gasteiger partial charge in [-0.25, -0.2) is 4.79 Å². The van der Waals surface area contributed by atoms with Gasteiger partial charge in [0.2, 0.25) is 0 Å². The lowest BCUT2D eigenvalue weighted by Crippen LogP contribution is -2.31. The number of halogens is 1. The van der Waals surface area contributed by atoms with Crippen molar-refractivity contribution in [3.05, 3.63) is 63.9 Å². The van der Waals surface area contributed by atoms with Crippen molar-refractivity contribution >= 4 is 17.6 Å². The minimum absolute atomic E-state index is 0.277. The van der Waals surface area contributed by atoms with Crippen molar-refractivity contribution in [1.82, 2.24) is 9.88 Å². The smallest absolute Gasteiger partial charge is 0.337 e. The highest BCUT2D eigenvalue weighted by Crippen LogP contribution is 2.23. The van der Waals surface area contributed by atoms with Crippen LogP contribution in [-0.4, -0.2) is 27.5 Å². The van der Waals surface area contributed by atoms with Gasteiger partial charge in [0.1, 0.15) is 0 Å². The molecule has 0 saturated heterocycles. The van der Waals surface area contributed by atoms with E-state index in [-0.39, 0.29) is 5.56 Å². The number of carboxylic acids is 1. The van der Waals surface area contributed by atoms with E-state index in [0.29, 0.717) is 12.2 Å². The van der Waals surface area contributed by atoms with Gasteiger partial charge in [0.25, 0.3) is 0 Å². The average Bonchev–Trinajstić information content (AvgIpc) is 2.48. The third kappa shape index (κ3) is 3.06. The van der Waals surface area contributed by atoms with Gasteiger partial charge in [-0.15, -0.1) is 0 Å². The Labute approximate surface area is 128 Å². The molecule has 3 rings (SSSR count). The molecule has 0 unspecified atom stereocenters. The lowest BCUT2D eigenvalue weighted by Gasteiger charge is -2.28. The maximum Gasteiger partial charge on any atom is 0.337 e. The van der Waals surface area contributed by atoms with Crippen molar-refractivity contribution in [3.63, 3.8) is 0 Å². The monoisotopic (exact) mass is 302 g/mol. The summed E-state index contributed by atoms with van der Waals surface area (Å²) in [6, 6.07) is 9.20. The number of carboxylic acid groups (broad SMARTS) is 1. The number of fused-ring (bicyclic) bond motifs is 1. The largest absolute Gasteiger partial charge is 0.478 e. The molecule has 1 aromatic carbocycles. The van der Waals surface area contributed by atoms with Crippen molar-refractivity contribution in [2.75, 3.05) is 6.54 Å². The summed E-state index contributed by atoms with van der Waals surface area (Å²) in [7, 11) is 0. The van der Waals surface area contributed by atoms with E-state index in [1.165, 1.54) is 11.1 Å². The van der Waals surface area contributed by atoms with Gasteiger partial charge in [-0.1, -0.05) is 17.7 Å².